The van der Waals surface area contributed by atoms with Gasteiger partial charge in [-0.3, -0.25) is 0 Å². The highest BCUT2D eigenvalue weighted by Gasteiger charge is 2.20. The number of benzene rings is 1. The van der Waals surface area contributed by atoms with Gasteiger partial charge in [-0.25, -0.2) is 0 Å². The molecule has 0 atom stereocenters. The molecule has 1 aromatic rings. The van der Waals surface area contributed by atoms with Crippen LogP contribution in [0.3, 0.4) is 0 Å². The summed E-state index contributed by atoms with van der Waals surface area (Å²) in [5.74, 6) is 1.72. The van der Waals surface area contributed by atoms with Gasteiger partial charge in [-0.15, -0.1) is 0 Å². The molecule has 0 aliphatic heterocycles. The van der Waals surface area contributed by atoms with E-state index >= 15 is 0 Å². The highest BCUT2D eigenvalue weighted by Crippen LogP contribution is 2.34. The molecular formula is C20H27NO. The van der Waals surface area contributed by atoms with Crippen molar-refractivity contribution >= 4 is 6.29 Å². The molecule has 1 fully saturated rings. The first kappa shape index (κ1) is 16.7. The van der Waals surface area contributed by atoms with Crippen molar-refractivity contribution in [2.75, 3.05) is 0 Å². The molecule has 2 rings (SSSR count). The van der Waals surface area contributed by atoms with Gasteiger partial charge >= 0.3 is 0 Å². The van der Waals surface area contributed by atoms with Crippen LogP contribution in [0.5, 0.6) is 0 Å². The first-order valence-corrected chi connectivity index (χ1v) is 8.74. The van der Waals surface area contributed by atoms with Gasteiger partial charge in [-0.2, -0.15) is 5.26 Å². The predicted octanol–water partition coefficient (Wildman–Crippen LogP) is 5.06. The summed E-state index contributed by atoms with van der Waals surface area (Å²) < 4.78 is 0. The Morgan fingerprint density at radius 1 is 1.00 bits per heavy atom. The minimum atomic E-state index is 0.745. The molecule has 1 aliphatic rings. The fourth-order valence-corrected chi connectivity index (χ4v) is 3.62. The number of unbranched alkanes of at least 4 members (excludes halogenated alkanes) is 1. The van der Waals surface area contributed by atoms with E-state index in [0.717, 1.165) is 42.9 Å². The van der Waals surface area contributed by atoms with Gasteiger partial charge in [0.1, 0.15) is 6.29 Å². The van der Waals surface area contributed by atoms with E-state index in [1.807, 2.05) is 12.1 Å². The second-order valence-electron chi connectivity index (χ2n) is 6.69. The van der Waals surface area contributed by atoms with Crippen LogP contribution < -0.4 is 0 Å². The Labute approximate surface area is 134 Å². The van der Waals surface area contributed by atoms with Crippen LogP contribution in [0.4, 0.5) is 0 Å². The molecule has 0 amide bonds. The zero-order chi connectivity index (χ0) is 15.6. The number of carbonyl (C=O) groups excluding carboxylic acids is 1. The number of nitriles is 1. The molecule has 0 spiro atoms. The van der Waals surface area contributed by atoms with Gasteiger partial charge < -0.3 is 4.79 Å². The Morgan fingerprint density at radius 3 is 2.23 bits per heavy atom. The lowest BCUT2D eigenvalue weighted by molar-refractivity contribution is -0.108. The molecule has 1 aliphatic carbocycles. The molecule has 2 heteroatoms. The zero-order valence-corrected chi connectivity index (χ0v) is 13.5. The molecule has 0 N–H and O–H groups in total. The summed E-state index contributed by atoms with van der Waals surface area (Å²) in [5, 5.41) is 8.79. The number of aryl methyl sites for hydroxylation is 1. The lowest BCUT2D eigenvalue weighted by Gasteiger charge is -2.28. The van der Waals surface area contributed by atoms with Crippen molar-refractivity contribution in [2.24, 2.45) is 11.8 Å². The molecule has 0 saturated heterocycles. The third-order valence-corrected chi connectivity index (χ3v) is 5.07. The van der Waals surface area contributed by atoms with Crippen LogP contribution in [0, 0.1) is 23.2 Å². The van der Waals surface area contributed by atoms with E-state index in [0.29, 0.717) is 0 Å². The lowest BCUT2D eigenvalue weighted by Crippen LogP contribution is -2.14. The standard InChI is InChI=1S/C20H27NO/c21-16-20-13-11-18(12-14-20)5-2-1-4-17-7-9-19(10-8-17)6-3-15-22/h11-15,17,19H,1-10H2. The maximum Gasteiger partial charge on any atom is 0.120 e. The van der Waals surface area contributed by atoms with E-state index in [-0.39, 0.29) is 0 Å². The predicted molar refractivity (Wildman–Crippen MR) is 89.5 cm³/mol. The van der Waals surface area contributed by atoms with Crippen molar-refractivity contribution in [3.63, 3.8) is 0 Å². The second kappa shape index (κ2) is 9.41. The molecule has 1 aromatic carbocycles. The minimum absolute atomic E-state index is 0.745. The van der Waals surface area contributed by atoms with E-state index < -0.39 is 0 Å². The molecule has 0 heterocycles. The first-order valence-electron chi connectivity index (χ1n) is 8.74. The number of aldehydes is 1. The normalized spacial score (nSPS) is 21.2. The molecule has 0 aromatic heterocycles. The van der Waals surface area contributed by atoms with E-state index in [1.54, 1.807) is 0 Å². The van der Waals surface area contributed by atoms with Crippen LogP contribution in [0.15, 0.2) is 24.3 Å². The monoisotopic (exact) mass is 297 g/mol. The van der Waals surface area contributed by atoms with E-state index in [4.69, 9.17) is 5.26 Å². The summed E-state index contributed by atoms with van der Waals surface area (Å²) >= 11 is 0. The smallest absolute Gasteiger partial charge is 0.120 e. The Balaban J connectivity index is 1.57. The molecule has 0 radical (unpaired) electrons. The zero-order valence-electron chi connectivity index (χ0n) is 13.5. The van der Waals surface area contributed by atoms with E-state index in [9.17, 15) is 4.79 Å². The topological polar surface area (TPSA) is 40.9 Å². The van der Waals surface area contributed by atoms with Crippen LogP contribution in [-0.2, 0) is 11.2 Å². The highest BCUT2D eigenvalue weighted by molar-refractivity contribution is 5.49. The van der Waals surface area contributed by atoms with Crippen LogP contribution in [0.25, 0.3) is 0 Å². The maximum atomic E-state index is 10.4. The Kier molecular flexibility index (Phi) is 7.16. The SMILES string of the molecule is N#Cc1ccc(CCCCC2CCC(CCC=O)CC2)cc1. The van der Waals surface area contributed by atoms with Crippen molar-refractivity contribution in [1.82, 2.24) is 0 Å². The summed E-state index contributed by atoms with van der Waals surface area (Å²) in [6, 6.07) is 10.1. The molecule has 118 valence electrons. The Bertz CT molecular complexity index is 477. The van der Waals surface area contributed by atoms with Crippen LogP contribution in [0.2, 0.25) is 0 Å². The minimum Gasteiger partial charge on any atom is -0.303 e. The van der Waals surface area contributed by atoms with Crippen LogP contribution in [-0.4, -0.2) is 6.29 Å². The van der Waals surface area contributed by atoms with Gasteiger partial charge in [-0.05, 0) is 48.8 Å². The van der Waals surface area contributed by atoms with Crippen molar-refractivity contribution in [1.29, 1.82) is 5.26 Å². The Morgan fingerprint density at radius 2 is 1.64 bits per heavy atom. The third-order valence-electron chi connectivity index (χ3n) is 5.07. The van der Waals surface area contributed by atoms with Crippen molar-refractivity contribution in [3.05, 3.63) is 35.4 Å². The molecule has 0 bridgehead atoms. The Hall–Kier alpha value is -1.62. The maximum absolute atomic E-state index is 10.4. The van der Waals surface area contributed by atoms with E-state index in [2.05, 4.69) is 18.2 Å². The number of rotatable bonds is 8. The van der Waals surface area contributed by atoms with Gasteiger partial charge in [0.2, 0.25) is 0 Å². The van der Waals surface area contributed by atoms with E-state index in [1.165, 1.54) is 50.5 Å². The number of hydrogen-bond acceptors (Lipinski definition) is 2. The molecule has 1 saturated carbocycles. The van der Waals surface area contributed by atoms with Gasteiger partial charge in [0.25, 0.3) is 0 Å². The second-order valence-corrected chi connectivity index (χ2v) is 6.69. The highest BCUT2D eigenvalue weighted by atomic mass is 16.1. The summed E-state index contributed by atoms with van der Waals surface area (Å²) in [6.45, 7) is 0. The largest absolute Gasteiger partial charge is 0.303 e. The van der Waals surface area contributed by atoms with Gasteiger partial charge in [0, 0.05) is 6.42 Å². The summed E-state index contributed by atoms with van der Waals surface area (Å²) in [6.07, 6.45) is 13.3. The van der Waals surface area contributed by atoms with Gasteiger partial charge in [0.15, 0.2) is 0 Å². The average molecular weight is 297 g/mol. The molecule has 22 heavy (non-hydrogen) atoms. The van der Waals surface area contributed by atoms with Gasteiger partial charge in [0.05, 0.1) is 11.6 Å². The third kappa shape index (κ3) is 5.64. The van der Waals surface area contributed by atoms with Gasteiger partial charge in [-0.1, -0.05) is 50.7 Å². The fourth-order valence-electron chi connectivity index (χ4n) is 3.62. The average Bonchev–Trinajstić information content (AvgIpc) is 2.58. The summed E-state index contributed by atoms with van der Waals surface area (Å²) in [5.41, 5.74) is 2.09. The lowest BCUT2D eigenvalue weighted by atomic mass is 9.78. The van der Waals surface area contributed by atoms with Crippen molar-refractivity contribution in [3.8, 4) is 6.07 Å². The molecule has 2 nitrogen and oxygen atoms in total. The number of nitrogens with zero attached hydrogens (tertiary/aromatic N) is 1. The molecule has 0 unspecified atom stereocenters. The first-order chi connectivity index (χ1) is 10.8. The van der Waals surface area contributed by atoms with Crippen LogP contribution in [0.1, 0.15) is 68.9 Å². The quantitative estimate of drug-likeness (QED) is 0.497. The summed E-state index contributed by atoms with van der Waals surface area (Å²) in [7, 11) is 0. The number of carbonyl (C=O) groups is 1. The fraction of sp³-hybridized carbons (Fsp3) is 0.600. The molecular weight excluding hydrogens is 270 g/mol. The van der Waals surface area contributed by atoms with Crippen LogP contribution >= 0.6 is 0 Å². The van der Waals surface area contributed by atoms with Crippen molar-refractivity contribution < 1.29 is 4.79 Å². The summed E-state index contributed by atoms with van der Waals surface area (Å²) in [4.78, 5) is 10.4. The van der Waals surface area contributed by atoms with Crippen molar-refractivity contribution in [2.45, 2.75) is 64.2 Å². The number of hydrogen-bond donors (Lipinski definition) is 0.